The number of nitrogens with one attached hydrogen (secondary N) is 1. The second-order valence-corrected chi connectivity index (χ2v) is 5.84. The summed E-state index contributed by atoms with van der Waals surface area (Å²) in [7, 11) is 4.34. The normalized spacial score (nSPS) is 11.3. The zero-order chi connectivity index (χ0) is 20.7. The number of hydrogen-bond acceptors (Lipinski definition) is 6. The zero-order valence-corrected chi connectivity index (χ0v) is 16.1. The van der Waals surface area contributed by atoms with Gasteiger partial charge in [-0.15, -0.1) is 0 Å². The van der Waals surface area contributed by atoms with Gasteiger partial charge in [0.2, 0.25) is 0 Å². The Labute approximate surface area is 162 Å². The molecule has 0 saturated heterocycles. The average molecular weight is 391 g/mol. The molecule has 150 valence electrons. The van der Waals surface area contributed by atoms with Gasteiger partial charge in [0.05, 0.1) is 27.8 Å². The maximum Gasteiger partial charge on any atom is 0.311 e. The van der Waals surface area contributed by atoms with E-state index < -0.39 is 23.8 Å². The van der Waals surface area contributed by atoms with Gasteiger partial charge in [0.15, 0.2) is 29.2 Å². The first kappa shape index (κ1) is 21.0. The van der Waals surface area contributed by atoms with Crippen LogP contribution in [0.5, 0.6) is 17.2 Å². The molecule has 1 amide bonds. The minimum atomic E-state index is -1.04. The molecule has 0 heterocycles. The smallest absolute Gasteiger partial charge is 0.311 e. The molecule has 0 aromatic heterocycles. The predicted molar refractivity (Wildman–Crippen MR) is 100 cm³/mol. The molecular formula is C20H22FNO6. The molecule has 0 aliphatic rings. The summed E-state index contributed by atoms with van der Waals surface area (Å²) in [5.41, 5.74) is 0.874. The fraction of sp³-hybridized carbons (Fsp3) is 0.300. The fourth-order valence-corrected chi connectivity index (χ4v) is 2.44. The number of hydrogen-bond donors (Lipinski definition) is 1. The highest BCUT2D eigenvalue weighted by atomic mass is 19.1. The number of rotatable bonds is 8. The lowest BCUT2D eigenvalue weighted by molar-refractivity contribution is -0.152. The van der Waals surface area contributed by atoms with Gasteiger partial charge in [-0.2, -0.15) is 0 Å². The maximum atomic E-state index is 13.7. The van der Waals surface area contributed by atoms with Gasteiger partial charge in [0, 0.05) is 11.8 Å². The molecule has 1 N–H and O–H groups in total. The van der Waals surface area contributed by atoms with Crippen molar-refractivity contribution >= 4 is 17.6 Å². The van der Waals surface area contributed by atoms with E-state index in [2.05, 4.69) is 5.32 Å². The van der Waals surface area contributed by atoms with Crippen LogP contribution in [-0.2, 0) is 20.7 Å². The standard InChI is InChI=1S/C20H22FNO6/c1-12(20(24)22-14-6-8-17(26-3)18(11-14)27-4)28-19(23)10-13-5-7-16(25-2)15(21)9-13/h5-9,11-12H,10H2,1-4H3,(H,22,24)/t12-/m0/s1. The Bertz CT molecular complexity index is 855. The van der Waals surface area contributed by atoms with E-state index >= 15 is 0 Å². The molecule has 0 bridgehead atoms. The van der Waals surface area contributed by atoms with Crippen molar-refractivity contribution in [2.45, 2.75) is 19.4 Å². The highest BCUT2D eigenvalue weighted by Gasteiger charge is 2.19. The molecule has 0 aliphatic carbocycles. The Hall–Kier alpha value is -3.29. The van der Waals surface area contributed by atoms with Gasteiger partial charge in [0.1, 0.15) is 0 Å². The lowest BCUT2D eigenvalue weighted by atomic mass is 10.1. The first-order valence-corrected chi connectivity index (χ1v) is 8.42. The molecular weight excluding hydrogens is 369 g/mol. The van der Waals surface area contributed by atoms with Crippen LogP contribution >= 0.6 is 0 Å². The molecule has 0 radical (unpaired) electrons. The lowest BCUT2D eigenvalue weighted by Crippen LogP contribution is -2.30. The molecule has 0 fully saturated rings. The van der Waals surface area contributed by atoms with Crippen LogP contribution in [0.2, 0.25) is 0 Å². The quantitative estimate of drug-likeness (QED) is 0.697. The minimum Gasteiger partial charge on any atom is -0.494 e. The van der Waals surface area contributed by atoms with Crippen molar-refractivity contribution in [2.75, 3.05) is 26.6 Å². The number of benzene rings is 2. The van der Waals surface area contributed by atoms with Crippen molar-refractivity contribution in [3.8, 4) is 17.2 Å². The summed E-state index contributed by atoms with van der Waals surface area (Å²) < 4.78 is 34.0. The maximum absolute atomic E-state index is 13.7. The number of anilines is 1. The summed E-state index contributed by atoms with van der Waals surface area (Å²) >= 11 is 0. The second-order valence-electron chi connectivity index (χ2n) is 5.84. The summed E-state index contributed by atoms with van der Waals surface area (Å²) in [6.45, 7) is 1.45. The Balaban J connectivity index is 1.94. The number of carbonyl (C=O) groups is 2. The number of carbonyl (C=O) groups excluding carboxylic acids is 2. The van der Waals surface area contributed by atoms with E-state index in [9.17, 15) is 14.0 Å². The van der Waals surface area contributed by atoms with Crippen LogP contribution in [0, 0.1) is 5.82 Å². The lowest BCUT2D eigenvalue weighted by Gasteiger charge is -2.15. The number of esters is 1. The van der Waals surface area contributed by atoms with Crippen molar-refractivity contribution in [3.05, 3.63) is 47.8 Å². The van der Waals surface area contributed by atoms with Gasteiger partial charge in [-0.05, 0) is 36.8 Å². The largest absolute Gasteiger partial charge is 0.494 e. The van der Waals surface area contributed by atoms with E-state index in [1.165, 1.54) is 40.4 Å². The van der Waals surface area contributed by atoms with Crippen molar-refractivity contribution < 1.29 is 32.9 Å². The van der Waals surface area contributed by atoms with Gasteiger partial charge < -0.3 is 24.3 Å². The third-order valence-electron chi connectivity index (χ3n) is 3.89. The highest BCUT2D eigenvalue weighted by Crippen LogP contribution is 2.29. The number of methoxy groups -OCH3 is 3. The van der Waals surface area contributed by atoms with Crippen LogP contribution in [0.15, 0.2) is 36.4 Å². The molecule has 0 spiro atoms. The zero-order valence-electron chi connectivity index (χ0n) is 16.1. The second kappa shape index (κ2) is 9.59. The van der Waals surface area contributed by atoms with Crippen LogP contribution in [0.25, 0.3) is 0 Å². The monoisotopic (exact) mass is 391 g/mol. The third-order valence-corrected chi connectivity index (χ3v) is 3.89. The highest BCUT2D eigenvalue weighted by molar-refractivity contribution is 5.95. The Morgan fingerprint density at radius 3 is 2.21 bits per heavy atom. The molecule has 7 nitrogen and oxygen atoms in total. The molecule has 2 aromatic carbocycles. The minimum absolute atomic E-state index is 0.0831. The van der Waals surface area contributed by atoms with Crippen LogP contribution < -0.4 is 19.5 Å². The Morgan fingerprint density at radius 2 is 1.61 bits per heavy atom. The molecule has 2 rings (SSSR count). The Kier molecular flexibility index (Phi) is 7.20. The van der Waals surface area contributed by atoms with Crippen LogP contribution in [0.3, 0.4) is 0 Å². The average Bonchev–Trinajstić information content (AvgIpc) is 2.67. The van der Waals surface area contributed by atoms with E-state index in [4.69, 9.17) is 18.9 Å². The molecule has 8 heteroatoms. The fourth-order valence-electron chi connectivity index (χ4n) is 2.44. The summed E-state index contributed by atoms with van der Waals surface area (Å²) in [4.78, 5) is 24.3. The molecule has 0 saturated carbocycles. The summed E-state index contributed by atoms with van der Waals surface area (Å²) in [6, 6.07) is 9.03. The number of ether oxygens (including phenoxy) is 4. The van der Waals surface area contributed by atoms with Crippen LogP contribution in [0.1, 0.15) is 12.5 Å². The van der Waals surface area contributed by atoms with Gasteiger partial charge in [-0.25, -0.2) is 4.39 Å². The van der Waals surface area contributed by atoms with Gasteiger partial charge in [-0.3, -0.25) is 9.59 Å². The SMILES string of the molecule is COc1ccc(CC(=O)O[C@@H](C)C(=O)Nc2ccc(OC)c(OC)c2)cc1F. The molecule has 28 heavy (non-hydrogen) atoms. The molecule has 0 aliphatic heterocycles. The first-order valence-electron chi connectivity index (χ1n) is 8.42. The van der Waals surface area contributed by atoms with E-state index in [1.807, 2.05) is 0 Å². The van der Waals surface area contributed by atoms with Crippen LogP contribution in [0.4, 0.5) is 10.1 Å². The van der Waals surface area contributed by atoms with Gasteiger partial charge in [0.25, 0.3) is 5.91 Å². The molecule has 0 unspecified atom stereocenters. The topological polar surface area (TPSA) is 83.1 Å². The number of amides is 1. The third kappa shape index (κ3) is 5.35. The number of halogens is 1. The summed E-state index contributed by atoms with van der Waals surface area (Å²) in [6.07, 6.45) is -1.21. The molecule has 2 aromatic rings. The first-order chi connectivity index (χ1) is 13.4. The Morgan fingerprint density at radius 1 is 0.964 bits per heavy atom. The van der Waals surface area contributed by atoms with E-state index in [0.29, 0.717) is 22.7 Å². The summed E-state index contributed by atoms with van der Waals surface area (Å²) in [5.74, 6) is -0.689. The van der Waals surface area contributed by atoms with Crippen molar-refractivity contribution in [3.63, 3.8) is 0 Å². The van der Waals surface area contributed by atoms with E-state index in [0.717, 1.165) is 0 Å². The van der Waals surface area contributed by atoms with E-state index in [-0.39, 0.29) is 12.2 Å². The van der Waals surface area contributed by atoms with Crippen molar-refractivity contribution in [1.82, 2.24) is 0 Å². The molecule has 1 atom stereocenters. The van der Waals surface area contributed by atoms with E-state index in [1.54, 1.807) is 24.3 Å². The summed E-state index contributed by atoms with van der Waals surface area (Å²) in [5, 5.41) is 2.63. The van der Waals surface area contributed by atoms with Crippen molar-refractivity contribution in [1.29, 1.82) is 0 Å². The van der Waals surface area contributed by atoms with Gasteiger partial charge in [-0.1, -0.05) is 6.07 Å². The van der Waals surface area contributed by atoms with Crippen LogP contribution in [-0.4, -0.2) is 39.3 Å². The van der Waals surface area contributed by atoms with Gasteiger partial charge >= 0.3 is 5.97 Å². The predicted octanol–water partition coefficient (Wildman–Crippen LogP) is 2.96. The van der Waals surface area contributed by atoms with Crippen molar-refractivity contribution in [2.24, 2.45) is 0 Å².